The van der Waals surface area contributed by atoms with E-state index in [9.17, 15) is 0 Å². The van der Waals surface area contributed by atoms with Gasteiger partial charge in [0, 0.05) is 65.1 Å². The maximum absolute atomic E-state index is 6.35. The summed E-state index contributed by atoms with van der Waals surface area (Å²) in [6.07, 6.45) is 0. The maximum Gasteiger partial charge on any atom is 0.135 e. The molecular weight excluding hydrogens is 1480 g/mol. The summed E-state index contributed by atoms with van der Waals surface area (Å²) in [5.41, 5.74) is 35.3. The second-order valence-electron chi connectivity index (χ2n) is 32.4. The first kappa shape index (κ1) is 70.0. The van der Waals surface area contributed by atoms with Crippen molar-refractivity contribution in [1.29, 1.82) is 0 Å². The Kier molecular flexibility index (Phi) is 16.2. The lowest BCUT2D eigenvalue weighted by Gasteiger charge is -2.36. The van der Waals surface area contributed by atoms with Crippen molar-refractivity contribution in [3.63, 3.8) is 0 Å². The molecule has 3 aliphatic rings. The molecule has 0 aliphatic heterocycles. The van der Waals surface area contributed by atoms with Crippen molar-refractivity contribution in [2.75, 3.05) is 9.80 Å². The van der Waals surface area contributed by atoms with Crippen LogP contribution < -0.4 is 9.80 Å². The Balaban J connectivity index is 0.631. The molecule has 0 spiro atoms. The number of para-hydroxylation sites is 2. The van der Waals surface area contributed by atoms with Gasteiger partial charge in [-0.05, 0) is 243 Å². The Hall–Kier alpha value is -15.2. The van der Waals surface area contributed by atoms with E-state index in [-0.39, 0.29) is 0 Å². The third kappa shape index (κ3) is 10.8. The molecular formula is C117H76N2OS. The fourth-order valence-corrected chi connectivity index (χ4v) is 22.1. The molecule has 2 atom stereocenters. The summed E-state index contributed by atoms with van der Waals surface area (Å²) in [5, 5.41) is 4.83. The molecule has 3 aliphatic carbocycles. The second kappa shape index (κ2) is 28.0. The summed E-state index contributed by atoms with van der Waals surface area (Å²) in [7, 11) is 0. The highest BCUT2D eigenvalue weighted by Gasteiger charge is 2.50. The molecule has 0 bridgehead atoms. The average molecular weight is 1560 g/mol. The molecule has 0 saturated heterocycles. The third-order valence-electron chi connectivity index (χ3n) is 26.3. The smallest absolute Gasteiger partial charge is 0.135 e. The van der Waals surface area contributed by atoms with Gasteiger partial charge < -0.3 is 14.2 Å². The van der Waals surface area contributed by atoms with Crippen LogP contribution in [0.3, 0.4) is 0 Å². The van der Waals surface area contributed by atoms with Crippen molar-refractivity contribution in [3.05, 3.63) is 528 Å². The van der Waals surface area contributed by atoms with Crippen LogP contribution in [0.2, 0.25) is 0 Å². The van der Waals surface area contributed by atoms with E-state index in [0.717, 1.165) is 78.3 Å². The number of rotatable bonds is 15. The van der Waals surface area contributed by atoms with Gasteiger partial charge >= 0.3 is 0 Å². The summed E-state index contributed by atoms with van der Waals surface area (Å²) in [6.45, 7) is 0. The lowest BCUT2D eigenvalue weighted by Crippen LogP contribution is -2.29. The fraction of sp³-hybridized carbons (Fsp3) is 0.0256. The number of anilines is 6. The number of benzene rings is 19. The lowest BCUT2D eigenvalue weighted by atomic mass is 9.67. The number of nitrogens with zero attached hydrogens (tertiary/aromatic N) is 2. The van der Waals surface area contributed by atoms with Crippen LogP contribution in [0.25, 0.3) is 109 Å². The third-order valence-corrected chi connectivity index (χ3v) is 27.5. The van der Waals surface area contributed by atoms with Crippen molar-refractivity contribution in [3.8, 4) is 66.8 Å². The molecule has 121 heavy (non-hydrogen) atoms. The van der Waals surface area contributed by atoms with Crippen molar-refractivity contribution >= 4 is 87.6 Å². The number of hydrogen-bond acceptors (Lipinski definition) is 4. The van der Waals surface area contributed by atoms with Crippen molar-refractivity contribution in [2.24, 2.45) is 0 Å². The highest BCUT2D eigenvalue weighted by atomic mass is 32.1. The van der Waals surface area contributed by atoms with Gasteiger partial charge in [0.05, 0.1) is 16.2 Å². The van der Waals surface area contributed by atoms with Crippen LogP contribution in [-0.4, -0.2) is 0 Å². The van der Waals surface area contributed by atoms with E-state index in [1.807, 2.05) is 17.4 Å². The van der Waals surface area contributed by atoms with Gasteiger partial charge in [-0.25, -0.2) is 0 Å². The summed E-state index contributed by atoms with van der Waals surface area (Å²) in [4.78, 5) is 4.93. The number of thiophene rings is 1. The van der Waals surface area contributed by atoms with Gasteiger partial charge in [0.2, 0.25) is 0 Å². The summed E-state index contributed by atoms with van der Waals surface area (Å²) < 4.78 is 8.97. The van der Waals surface area contributed by atoms with Gasteiger partial charge in [0.1, 0.15) is 11.2 Å². The Morgan fingerprint density at radius 2 is 0.463 bits per heavy atom. The monoisotopic (exact) mass is 1560 g/mol. The molecule has 0 N–H and O–H groups in total. The molecule has 0 radical (unpaired) electrons. The summed E-state index contributed by atoms with van der Waals surface area (Å²) in [6, 6.07) is 173. The molecule has 19 aromatic carbocycles. The standard InChI is InChI=1S/C117H76N2OS/c1-6-26-83(27-7-1)115(84-28-8-2-9-29-84)105-41-21-16-36-95(105)98-68-65-93(75-108(98)115)119(91-62-52-79(53-63-91)81-54-70-112-103(72-81)101-39-19-24-44-111(101)120-112)94-66-69-100-97-38-18-23-43-107(97)117(110(100)76-94,86-32-12-4-13-33-86)88-58-48-78(49-59-88)77-46-56-87(57-47-77)116(85-30-10-3-11-31-85)106-42-22-17-37-96(106)99-67-64-92(74-109(99)116)118(89-34-14-5-15-35-89)90-60-50-80(51-61-90)82-55-71-114-104(73-82)102-40-20-25-45-113(102)121-114/h1-76H. The van der Waals surface area contributed by atoms with Crippen LogP contribution in [0.4, 0.5) is 34.1 Å². The molecule has 566 valence electrons. The summed E-state index contributed by atoms with van der Waals surface area (Å²) in [5.74, 6) is 0. The van der Waals surface area contributed by atoms with E-state index in [4.69, 9.17) is 4.42 Å². The Bertz CT molecular complexity index is 7570. The van der Waals surface area contributed by atoms with E-state index < -0.39 is 16.2 Å². The molecule has 0 saturated carbocycles. The number of furan rings is 1. The molecule has 21 aromatic rings. The van der Waals surface area contributed by atoms with Gasteiger partial charge in [-0.3, -0.25) is 0 Å². The van der Waals surface area contributed by atoms with Gasteiger partial charge in [-0.2, -0.15) is 0 Å². The number of fused-ring (bicyclic) bond motifs is 15. The van der Waals surface area contributed by atoms with Gasteiger partial charge in [-0.15, -0.1) is 11.3 Å². The van der Waals surface area contributed by atoms with Crippen LogP contribution in [0.5, 0.6) is 0 Å². The zero-order valence-electron chi connectivity index (χ0n) is 66.1. The minimum absolute atomic E-state index is 0.615. The molecule has 0 amide bonds. The van der Waals surface area contributed by atoms with Crippen LogP contribution in [0.1, 0.15) is 66.8 Å². The SMILES string of the molecule is c1ccc(N(c2ccc(-c3ccc4sc5ccccc5c4c3)cc2)c2ccc3c(c2)C(c2ccccc2)(c2ccc(-c4ccc(C5(c6ccccc6)c6ccccc6-c6ccc(N(c7ccc(-c8ccc9oc%10ccccc%10c9c8)cc7)c7ccc8c(c7)C(c7ccccc7)(c7ccccc7)c7ccccc7-8)cc65)cc4)cc2)c2ccccc2-3)cc1. The molecule has 24 rings (SSSR count). The van der Waals surface area contributed by atoms with E-state index in [1.54, 1.807) is 0 Å². The number of hydrogen-bond donors (Lipinski definition) is 0. The van der Waals surface area contributed by atoms with Gasteiger partial charge in [-0.1, -0.05) is 352 Å². The van der Waals surface area contributed by atoms with Gasteiger partial charge in [0.15, 0.2) is 0 Å². The quantitative estimate of drug-likeness (QED) is 0.102. The fourth-order valence-electron chi connectivity index (χ4n) is 21.1. The Morgan fingerprint density at radius 3 is 0.909 bits per heavy atom. The predicted molar refractivity (Wildman–Crippen MR) is 504 cm³/mol. The molecule has 2 heterocycles. The molecule has 0 fully saturated rings. The lowest BCUT2D eigenvalue weighted by molar-refractivity contribution is 0.669. The van der Waals surface area contributed by atoms with Crippen molar-refractivity contribution in [1.82, 2.24) is 0 Å². The van der Waals surface area contributed by atoms with E-state index in [1.165, 1.54) is 131 Å². The highest BCUT2D eigenvalue weighted by molar-refractivity contribution is 7.25. The topological polar surface area (TPSA) is 19.6 Å². The molecule has 2 unspecified atom stereocenters. The molecule has 3 nitrogen and oxygen atoms in total. The maximum atomic E-state index is 6.35. The first-order chi connectivity index (χ1) is 60.0. The van der Waals surface area contributed by atoms with Gasteiger partial charge in [0.25, 0.3) is 0 Å². The van der Waals surface area contributed by atoms with Crippen molar-refractivity contribution in [2.45, 2.75) is 16.2 Å². The summed E-state index contributed by atoms with van der Waals surface area (Å²) >= 11 is 1.86. The average Bonchev–Trinajstić information content (AvgIpc) is 1.54. The Morgan fingerprint density at radius 1 is 0.174 bits per heavy atom. The van der Waals surface area contributed by atoms with Crippen LogP contribution in [-0.2, 0) is 16.2 Å². The zero-order chi connectivity index (χ0) is 79.7. The van der Waals surface area contributed by atoms with Crippen molar-refractivity contribution < 1.29 is 4.42 Å². The first-order valence-electron chi connectivity index (χ1n) is 41.8. The van der Waals surface area contributed by atoms with E-state index in [0.29, 0.717) is 0 Å². The van der Waals surface area contributed by atoms with E-state index in [2.05, 4.69) is 465 Å². The largest absolute Gasteiger partial charge is 0.456 e. The molecule has 4 heteroatoms. The van der Waals surface area contributed by atoms with Crippen LogP contribution in [0.15, 0.2) is 465 Å². The first-order valence-corrected chi connectivity index (χ1v) is 42.6. The minimum Gasteiger partial charge on any atom is -0.456 e. The zero-order valence-corrected chi connectivity index (χ0v) is 66.9. The minimum atomic E-state index is -0.730. The predicted octanol–water partition coefficient (Wildman–Crippen LogP) is 31.0. The van der Waals surface area contributed by atoms with E-state index >= 15 is 0 Å². The van der Waals surface area contributed by atoms with Crippen LogP contribution >= 0.6 is 11.3 Å². The Labute approximate surface area is 707 Å². The molecule has 2 aromatic heterocycles. The normalized spacial score (nSPS) is 15.1. The second-order valence-corrected chi connectivity index (χ2v) is 33.5. The van der Waals surface area contributed by atoms with Crippen LogP contribution in [0, 0.1) is 0 Å². The highest BCUT2D eigenvalue weighted by Crippen LogP contribution is 2.62.